The smallest absolute Gasteiger partial charge is 0.0695 e. The summed E-state index contributed by atoms with van der Waals surface area (Å²) in [5.41, 5.74) is 3.40. The zero-order chi connectivity index (χ0) is 13.5. The molecule has 0 aliphatic rings. The Balaban J connectivity index is 1.87. The normalized spacial score (nSPS) is 12.5. The molecule has 2 rings (SSSR count). The van der Waals surface area contributed by atoms with Crippen molar-refractivity contribution in [2.24, 2.45) is 0 Å². The zero-order valence-corrected chi connectivity index (χ0v) is 11.3. The summed E-state index contributed by atoms with van der Waals surface area (Å²) in [6, 6.07) is 10.2. The molecular formula is C15H21N3O. The Labute approximate surface area is 113 Å². The third-order valence-corrected chi connectivity index (χ3v) is 3.07. The van der Waals surface area contributed by atoms with E-state index in [1.807, 2.05) is 31.3 Å². The van der Waals surface area contributed by atoms with Crippen molar-refractivity contribution < 1.29 is 5.11 Å². The van der Waals surface area contributed by atoms with Gasteiger partial charge in [0.2, 0.25) is 0 Å². The molecule has 0 aliphatic heterocycles. The van der Waals surface area contributed by atoms with E-state index in [4.69, 9.17) is 0 Å². The lowest BCUT2D eigenvalue weighted by Crippen LogP contribution is -2.16. The van der Waals surface area contributed by atoms with Crippen molar-refractivity contribution in [3.8, 4) is 11.3 Å². The quantitative estimate of drug-likeness (QED) is 0.669. The number of aromatic nitrogens is 2. The Morgan fingerprint density at radius 2 is 2.11 bits per heavy atom. The number of aromatic amines is 1. The van der Waals surface area contributed by atoms with Crippen molar-refractivity contribution in [3.63, 3.8) is 0 Å². The van der Waals surface area contributed by atoms with E-state index in [1.54, 1.807) is 0 Å². The first-order valence-electron chi connectivity index (χ1n) is 6.74. The van der Waals surface area contributed by atoms with E-state index < -0.39 is 0 Å². The highest BCUT2D eigenvalue weighted by Gasteiger charge is 2.06. The molecule has 1 aromatic heterocycles. The van der Waals surface area contributed by atoms with E-state index in [0.29, 0.717) is 0 Å². The summed E-state index contributed by atoms with van der Waals surface area (Å²) in [5.74, 6) is 0. The van der Waals surface area contributed by atoms with Crippen LogP contribution in [0.1, 0.15) is 25.3 Å². The molecule has 1 unspecified atom stereocenters. The molecule has 3 N–H and O–H groups in total. The first kappa shape index (κ1) is 13.8. The maximum absolute atomic E-state index is 9.19. The van der Waals surface area contributed by atoms with Gasteiger partial charge in [-0.25, -0.2) is 0 Å². The van der Waals surface area contributed by atoms with Gasteiger partial charge in [-0.2, -0.15) is 5.10 Å². The molecular weight excluding hydrogens is 238 g/mol. The number of nitrogens with one attached hydrogen (secondary N) is 2. The van der Waals surface area contributed by atoms with E-state index in [9.17, 15) is 5.11 Å². The Kier molecular flexibility index (Phi) is 5.12. The third kappa shape index (κ3) is 4.19. The highest BCUT2D eigenvalue weighted by molar-refractivity contribution is 5.62. The molecule has 102 valence electrons. The largest absolute Gasteiger partial charge is 0.393 e. The minimum absolute atomic E-state index is 0.212. The third-order valence-electron chi connectivity index (χ3n) is 3.07. The second-order valence-electron chi connectivity index (χ2n) is 4.80. The molecule has 0 bridgehead atoms. The second-order valence-corrected chi connectivity index (χ2v) is 4.80. The molecule has 0 amide bonds. The fourth-order valence-electron chi connectivity index (χ4n) is 2.05. The Morgan fingerprint density at radius 3 is 2.84 bits per heavy atom. The summed E-state index contributed by atoms with van der Waals surface area (Å²) in [5, 5.41) is 19.7. The second kappa shape index (κ2) is 7.07. The molecule has 19 heavy (non-hydrogen) atoms. The average Bonchev–Trinajstić information content (AvgIpc) is 2.87. The molecule has 0 aliphatic carbocycles. The number of nitrogens with zero attached hydrogens (tertiary/aromatic N) is 1. The summed E-state index contributed by atoms with van der Waals surface area (Å²) < 4.78 is 0. The number of H-pyrrole nitrogens is 1. The molecule has 0 saturated carbocycles. The molecule has 0 radical (unpaired) electrons. The van der Waals surface area contributed by atoms with Crippen LogP contribution in [0, 0.1) is 0 Å². The summed E-state index contributed by atoms with van der Waals surface area (Å²) in [6.07, 6.45) is 3.47. The van der Waals surface area contributed by atoms with Crippen molar-refractivity contribution in [3.05, 3.63) is 42.1 Å². The fraction of sp³-hybridized carbons (Fsp3) is 0.400. The van der Waals surface area contributed by atoms with Crippen LogP contribution in [0.3, 0.4) is 0 Å². The predicted octanol–water partition coefficient (Wildman–Crippen LogP) is 2.33. The Hall–Kier alpha value is -1.65. The zero-order valence-electron chi connectivity index (χ0n) is 11.3. The van der Waals surface area contributed by atoms with Gasteiger partial charge in [0.15, 0.2) is 0 Å². The fourth-order valence-corrected chi connectivity index (χ4v) is 2.05. The van der Waals surface area contributed by atoms with Crippen LogP contribution >= 0.6 is 0 Å². The number of hydrogen-bond donors (Lipinski definition) is 3. The van der Waals surface area contributed by atoms with Crippen LogP contribution in [-0.2, 0) is 6.54 Å². The van der Waals surface area contributed by atoms with E-state index >= 15 is 0 Å². The van der Waals surface area contributed by atoms with Crippen molar-refractivity contribution in [2.45, 2.75) is 32.4 Å². The minimum atomic E-state index is -0.212. The summed E-state index contributed by atoms with van der Waals surface area (Å²) in [7, 11) is 0. The van der Waals surface area contributed by atoms with Crippen LogP contribution in [0.4, 0.5) is 0 Å². The van der Waals surface area contributed by atoms with Gasteiger partial charge in [0.1, 0.15) is 0 Å². The van der Waals surface area contributed by atoms with Crippen molar-refractivity contribution in [1.29, 1.82) is 0 Å². The van der Waals surface area contributed by atoms with Gasteiger partial charge < -0.3 is 10.4 Å². The van der Waals surface area contributed by atoms with Gasteiger partial charge in [0.05, 0.1) is 18.0 Å². The molecule has 1 aromatic carbocycles. The van der Waals surface area contributed by atoms with Crippen LogP contribution in [-0.4, -0.2) is 28.0 Å². The monoisotopic (exact) mass is 259 g/mol. The van der Waals surface area contributed by atoms with Crippen LogP contribution in [0.2, 0.25) is 0 Å². The maximum Gasteiger partial charge on any atom is 0.0695 e. The summed E-state index contributed by atoms with van der Waals surface area (Å²) in [4.78, 5) is 0. The van der Waals surface area contributed by atoms with Crippen molar-refractivity contribution in [2.75, 3.05) is 6.54 Å². The topological polar surface area (TPSA) is 60.9 Å². The first-order valence-corrected chi connectivity index (χ1v) is 6.74. The van der Waals surface area contributed by atoms with Crippen LogP contribution < -0.4 is 5.32 Å². The molecule has 0 spiro atoms. The number of aliphatic hydroxyl groups is 1. The summed E-state index contributed by atoms with van der Waals surface area (Å²) >= 11 is 0. The molecule has 4 nitrogen and oxygen atoms in total. The Bertz CT molecular complexity index is 479. The minimum Gasteiger partial charge on any atom is -0.393 e. The number of aliphatic hydroxyl groups excluding tert-OH is 1. The van der Waals surface area contributed by atoms with E-state index in [1.165, 1.54) is 5.56 Å². The highest BCUT2D eigenvalue weighted by atomic mass is 16.3. The lowest BCUT2D eigenvalue weighted by molar-refractivity contribution is 0.181. The van der Waals surface area contributed by atoms with Crippen LogP contribution in [0.25, 0.3) is 11.3 Å². The van der Waals surface area contributed by atoms with Gasteiger partial charge in [-0.1, -0.05) is 30.3 Å². The predicted molar refractivity (Wildman–Crippen MR) is 76.6 cm³/mol. The SMILES string of the molecule is CC(O)CCCNCc1cn[nH]c1-c1ccccc1. The van der Waals surface area contributed by atoms with Gasteiger partial charge in [-0.05, 0) is 31.9 Å². The van der Waals surface area contributed by atoms with E-state index in [2.05, 4.69) is 27.6 Å². The van der Waals surface area contributed by atoms with E-state index in [-0.39, 0.29) is 6.10 Å². The van der Waals surface area contributed by atoms with Gasteiger partial charge in [-0.3, -0.25) is 5.10 Å². The van der Waals surface area contributed by atoms with Gasteiger partial charge in [0, 0.05) is 12.1 Å². The molecule has 0 fully saturated rings. The van der Waals surface area contributed by atoms with Crippen LogP contribution in [0.15, 0.2) is 36.5 Å². The lowest BCUT2D eigenvalue weighted by atomic mass is 10.1. The van der Waals surface area contributed by atoms with Crippen molar-refractivity contribution in [1.82, 2.24) is 15.5 Å². The van der Waals surface area contributed by atoms with Crippen molar-refractivity contribution >= 4 is 0 Å². The molecule has 2 aromatic rings. The molecule has 1 heterocycles. The average molecular weight is 259 g/mol. The number of rotatable bonds is 7. The number of benzene rings is 1. The summed E-state index contributed by atoms with van der Waals surface area (Å²) in [6.45, 7) is 3.52. The lowest BCUT2D eigenvalue weighted by Gasteiger charge is -2.07. The molecule has 0 saturated heterocycles. The standard InChI is InChI=1S/C15H21N3O/c1-12(19)6-5-9-16-10-14-11-17-18-15(14)13-7-3-2-4-8-13/h2-4,7-8,11-12,16,19H,5-6,9-10H2,1H3,(H,17,18). The Morgan fingerprint density at radius 1 is 1.32 bits per heavy atom. The molecule has 4 heteroatoms. The maximum atomic E-state index is 9.19. The van der Waals surface area contributed by atoms with Crippen LogP contribution in [0.5, 0.6) is 0 Å². The van der Waals surface area contributed by atoms with E-state index in [0.717, 1.165) is 37.2 Å². The number of hydrogen-bond acceptors (Lipinski definition) is 3. The van der Waals surface area contributed by atoms with Gasteiger partial charge in [0.25, 0.3) is 0 Å². The van der Waals surface area contributed by atoms with Gasteiger partial charge in [-0.15, -0.1) is 0 Å². The highest BCUT2D eigenvalue weighted by Crippen LogP contribution is 2.20. The van der Waals surface area contributed by atoms with Gasteiger partial charge >= 0.3 is 0 Å². The molecule has 1 atom stereocenters. The first-order chi connectivity index (χ1) is 9.27.